The van der Waals surface area contributed by atoms with Gasteiger partial charge >= 0.3 is 18.3 Å². The number of carboxylic acid groups (broad SMARTS) is 2. The lowest BCUT2D eigenvalue weighted by Gasteiger charge is -2.39. The summed E-state index contributed by atoms with van der Waals surface area (Å²) in [7, 11) is 1.67. The second kappa shape index (κ2) is 21.7. The van der Waals surface area contributed by atoms with Gasteiger partial charge in [0.15, 0.2) is 29.3 Å². The van der Waals surface area contributed by atoms with Crippen LogP contribution in [-0.4, -0.2) is 111 Å². The van der Waals surface area contributed by atoms with Gasteiger partial charge in [0.1, 0.15) is 12.3 Å². The number of piperidine rings is 1. The first-order chi connectivity index (χ1) is 29.9. The molecule has 1 saturated heterocycles. The third-order valence-corrected chi connectivity index (χ3v) is 10.5. The molecule has 0 spiro atoms. The molecule has 1 fully saturated rings. The number of hydrogen-bond donors (Lipinski definition) is 4. The number of carbonyl (C=O) groups excluding carboxylic acids is 1. The summed E-state index contributed by atoms with van der Waals surface area (Å²) in [6, 6.07) is 25.6. The maximum absolute atomic E-state index is 14.6. The van der Waals surface area contributed by atoms with Crippen molar-refractivity contribution < 1.29 is 66.2 Å². The molecule has 1 amide bonds. The number of benzene rings is 4. The summed E-state index contributed by atoms with van der Waals surface area (Å²) in [5.74, 6) is -5.87. The number of hydrogen-bond acceptors (Lipinski definition) is 9. The van der Waals surface area contributed by atoms with E-state index in [0.29, 0.717) is 35.3 Å². The second-order valence-corrected chi connectivity index (χ2v) is 14.7. The number of para-hydroxylation sites is 1. The molecule has 2 heterocycles. The third-order valence-electron chi connectivity index (χ3n) is 10.5. The van der Waals surface area contributed by atoms with E-state index in [9.17, 15) is 41.1 Å². The lowest BCUT2D eigenvalue weighted by Crippen LogP contribution is -2.48. The topological polar surface area (TPSA) is 179 Å². The van der Waals surface area contributed by atoms with E-state index >= 15 is 0 Å². The van der Waals surface area contributed by atoms with Crippen molar-refractivity contribution >= 4 is 28.7 Å². The van der Waals surface area contributed by atoms with Crippen molar-refractivity contribution in [1.82, 2.24) is 14.4 Å². The molecule has 336 valence electrons. The molecule has 2 unspecified atom stereocenters. The molecule has 4 aromatic carbocycles. The van der Waals surface area contributed by atoms with Crippen LogP contribution in [0.25, 0.3) is 22.0 Å². The number of fused-ring (bicyclic) bond motifs is 1. The van der Waals surface area contributed by atoms with Gasteiger partial charge in [0, 0.05) is 56.5 Å². The van der Waals surface area contributed by atoms with Crippen LogP contribution in [0.5, 0.6) is 5.75 Å². The number of carboxylic acids is 2. The number of carbonyl (C=O) groups is 3. The van der Waals surface area contributed by atoms with Gasteiger partial charge in [-0.1, -0.05) is 60.7 Å². The van der Waals surface area contributed by atoms with Crippen molar-refractivity contribution in [3.8, 4) is 16.9 Å². The number of aliphatic hydroxyl groups excluding tert-OH is 2. The number of likely N-dealkylation sites (tertiary alicyclic amines) is 1. The van der Waals surface area contributed by atoms with Gasteiger partial charge in [-0.25, -0.2) is 18.4 Å². The molecule has 63 heavy (non-hydrogen) atoms. The largest absolute Gasteiger partial charge is 0.573 e. The molecule has 1 aromatic heterocycles. The van der Waals surface area contributed by atoms with Crippen LogP contribution in [0.15, 0.2) is 102 Å². The van der Waals surface area contributed by atoms with Crippen molar-refractivity contribution in [3.63, 3.8) is 0 Å². The molecule has 0 aliphatic carbocycles. The third kappa shape index (κ3) is 13.2. The molecular formula is C45H46F5N3O10. The van der Waals surface area contributed by atoms with E-state index in [1.165, 1.54) is 30.3 Å². The summed E-state index contributed by atoms with van der Waals surface area (Å²) in [6.45, 7) is 3.21. The fourth-order valence-corrected chi connectivity index (χ4v) is 7.22. The molecule has 4 N–H and O–H groups in total. The van der Waals surface area contributed by atoms with Crippen LogP contribution in [-0.2, 0) is 45.1 Å². The number of nitrogens with zero attached hydrogens (tertiary/aromatic N) is 3. The summed E-state index contributed by atoms with van der Waals surface area (Å²) >= 11 is 0. The predicted molar refractivity (Wildman–Crippen MR) is 220 cm³/mol. The number of methoxy groups -OCH3 is 1. The first-order valence-corrected chi connectivity index (χ1v) is 19.8. The van der Waals surface area contributed by atoms with Crippen LogP contribution in [0.1, 0.15) is 29.7 Å². The molecule has 5 aromatic rings. The maximum atomic E-state index is 14.6. The highest BCUT2D eigenvalue weighted by molar-refractivity contribution is 5.84. The van der Waals surface area contributed by atoms with Gasteiger partial charge in [0.25, 0.3) is 0 Å². The van der Waals surface area contributed by atoms with Gasteiger partial charge < -0.3 is 44.3 Å². The standard InChI is InChI=1S/C41H40F5N3O4.C4H6O6/c1-52-24-23-47-21-19-32(20-22-47)49(26-28-9-11-29(12-10-28)30-14-17-34(18-15-30)53-41(44,45)46)39(51)27-48-33(16-13-31-5-4-7-36(42)40(31)43)25-38(50)35-6-2-3-8-37(35)48;5-1(3(7)8)2(6)4(9)10/h2-12,14-15,17-18,25,32H,13,16,19-24,26-27H2,1H3;1-2,5-6H,(H,7,8)(H,9,10). The minimum atomic E-state index is -4.78. The number of aromatic nitrogens is 1. The number of aryl methyl sites for hydroxylation is 2. The van der Waals surface area contributed by atoms with Gasteiger partial charge in [-0.05, 0) is 78.3 Å². The Kier molecular flexibility index (Phi) is 16.5. The van der Waals surface area contributed by atoms with E-state index in [0.717, 1.165) is 49.7 Å². The fraction of sp³-hybridized carbons (Fsp3) is 0.333. The number of ether oxygens (including phenoxy) is 2. The van der Waals surface area contributed by atoms with E-state index in [4.69, 9.17) is 25.2 Å². The molecule has 2 atom stereocenters. The monoisotopic (exact) mass is 883 g/mol. The van der Waals surface area contributed by atoms with Crippen molar-refractivity contribution in [2.45, 2.75) is 63.4 Å². The average molecular weight is 884 g/mol. The number of amides is 1. The van der Waals surface area contributed by atoms with Gasteiger partial charge in [0.05, 0.1) is 12.1 Å². The SMILES string of the molecule is COCCN1CCC(N(Cc2ccc(-c3ccc(OC(F)(F)F)cc3)cc2)C(=O)Cn2c(CCc3cccc(F)c3F)cc(=O)c3ccccc32)CC1.O=C(O)C(O)C(O)C(=O)O. The lowest BCUT2D eigenvalue weighted by molar-refractivity contribution is -0.274. The minimum Gasteiger partial charge on any atom is -0.479 e. The van der Waals surface area contributed by atoms with E-state index < -0.39 is 42.1 Å². The van der Waals surface area contributed by atoms with Crippen molar-refractivity contribution in [2.24, 2.45) is 0 Å². The van der Waals surface area contributed by atoms with Crippen LogP contribution < -0.4 is 10.2 Å². The van der Waals surface area contributed by atoms with Crippen LogP contribution in [0, 0.1) is 11.6 Å². The molecule has 0 radical (unpaired) electrons. The minimum absolute atomic E-state index is 0.0716. The lowest BCUT2D eigenvalue weighted by atomic mass is 10.0. The van der Waals surface area contributed by atoms with Crippen LogP contribution >= 0.6 is 0 Å². The van der Waals surface area contributed by atoms with Gasteiger partial charge in [0.2, 0.25) is 5.91 Å². The number of aliphatic hydroxyl groups is 2. The number of rotatable bonds is 16. The first-order valence-electron chi connectivity index (χ1n) is 19.8. The smallest absolute Gasteiger partial charge is 0.479 e. The Labute approximate surface area is 358 Å². The van der Waals surface area contributed by atoms with E-state index in [2.05, 4.69) is 9.64 Å². The predicted octanol–water partition coefficient (Wildman–Crippen LogP) is 5.65. The Morgan fingerprint density at radius 1 is 0.825 bits per heavy atom. The number of alkyl halides is 3. The van der Waals surface area contributed by atoms with Crippen LogP contribution in [0.3, 0.4) is 0 Å². The van der Waals surface area contributed by atoms with Gasteiger partial charge in [-0.15, -0.1) is 13.2 Å². The van der Waals surface area contributed by atoms with Crippen LogP contribution in [0.4, 0.5) is 22.0 Å². The highest BCUT2D eigenvalue weighted by Crippen LogP contribution is 2.28. The zero-order valence-electron chi connectivity index (χ0n) is 34.0. The summed E-state index contributed by atoms with van der Waals surface area (Å²) in [6.07, 6.45) is -7.48. The Balaban J connectivity index is 0.000000667. The van der Waals surface area contributed by atoms with E-state index in [1.807, 2.05) is 33.7 Å². The quantitative estimate of drug-likeness (QED) is 0.0901. The molecule has 0 bridgehead atoms. The Morgan fingerprint density at radius 2 is 1.43 bits per heavy atom. The summed E-state index contributed by atoms with van der Waals surface area (Å²) < 4.78 is 77.6. The maximum Gasteiger partial charge on any atom is 0.573 e. The molecule has 1 aliphatic heterocycles. The number of halogens is 5. The molecule has 0 saturated carbocycles. The fourth-order valence-electron chi connectivity index (χ4n) is 7.22. The van der Waals surface area contributed by atoms with E-state index in [-0.39, 0.29) is 48.1 Å². The Hall–Kier alpha value is -6.21. The van der Waals surface area contributed by atoms with Crippen molar-refractivity contribution in [2.75, 3.05) is 33.4 Å². The van der Waals surface area contributed by atoms with E-state index in [1.54, 1.807) is 43.5 Å². The first kappa shape index (κ1) is 47.8. The van der Waals surface area contributed by atoms with Crippen molar-refractivity contribution in [3.05, 3.63) is 136 Å². The number of pyridine rings is 1. The summed E-state index contributed by atoms with van der Waals surface area (Å²) in [4.78, 5) is 51.5. The van der Waals surface area contributed by atoms with Crippen LogP contribution in [0.2, 0.25) is 0 Å². The van der Waals surface area contributed by atoms with Gasteiger partial charge in [-0.3, -0.25) is 9.59 Å². The highest BCUT2D eigenvalue weighted by Gasteiger charge is 2.32. The zero-order valence-corrected chi connectivity index (χ0v) is 34.0. The number of aliphatic carboxylic acids is 2. The average Bonchev–Trinajstić information content (AvgIpc) is 3.26. The molecular weight excluding hydrogens is 837 g/mol. The molecule has 1 aliphatic rings. The second-order valence-electron chi connectivity index (χ2n) is 14.7. The molecule has 6 rings (SSSR count). The highest BCUT2D eigenvalue weighted by atomic mass is 19.4. The molecule has 18 heteroatoms. The van der Waals surface area contributed by atoms with Crippen molar-refractivity contribution in [1.29, 1.82) is 0 Å². The zero-order chi connectivity index (χ0) is 45.8. The summed E-state index contributed by atoms with van der Waals surface area (Å²) in [5.41, 5.74) is 3.44. The van der Waals surface area contributed by atoms with Gasteiger partial charge in [-0.2, -0.15) is 0 Å². The molecule has 13 nitrogen and oxygen atoms in total. The Bertz CT molecular complexity index is 2390. The Morgan fingerprint density at radius 3 is 2.02 bits per heavy atom. The summed E-state index contributed by atoms with van der Waals surface area (Å²) in [5, 5.41) is 33.0. The normalized spacial score (nSPS) is 14.3.